The normalized spacial score (nSPS) is 10.0. The molecule has 0 aliphatic heterocycles. The van der Waals surface area contributed by atoms with Crippen molar-refractivity contribution >= 4 is 11.9 Å². The maximum absolute atomic E-state index is 11.7. The van der Waals surface area contributed by atoms with Gasteiger partial charge in [0.25, 0.3) is 5.91 Å². The summed E-state index contributed by atoms with van der Waals surface area (Å²) in [4.78, 5) is 22.7. The topological polar surface area (TPSA) is 68.5 Å². The second kappa shape index (κ2) is 6.73. The second-order valence-electron chi connectivity index (χ2n) is 3.42. The van der Waals surface area contributed by atoms with Crippen molar-refractivity contribution in [2.75, 3.05) is 13.2 Å². The molecule has 1 N–H and O–H groups in total. The number of ether oxygens (including phenoxy) is 1. The molecule has 0 aromatic carbocycles. The summed E-state index contributed by atoms with van der Waals surface area (Å²) in [7, 11) is 0. The first kappa shape index (κ1) is 13.3. The van der Waals surface area contributed by atoms with Gasteiger partial charge < -0.3 is 14.5 Å². The maximum atomic E-state index is 11.7. The van der Waals surface area contributed by atoms with Crippen LogP contribution in [0.2, 0.25) is 0 Å². The Morgan fingerprint density at radius 3 is 2.82 bits per heavy atom. The fourth-order valence-corrected chi connectivity index (χ4v) is 1.42. The second-order valence-corrected chi connectivity index (χ2v) is 3.42. The average molecular weight is 239 g/mol. The number of nitrogens with one attached hydrogen (secondary N) is 1. The Morgan fingerprint density at radius 1 is 1.41 bits per heavy atom. The molecular weight excluding hydrogens is 222 g/mol. The van der Waals surface area contributed by atoms with Gasteiger partial charge in [-0.05, 0) is 13.0 Å². The Hall–Kier alpha value is -1.78. The molecule has 0 radical (unpaired) electrons. The molecule has 0 spiro atoms. The summed E-state index contributed by atoms with van der Waals surface area (Å²) < 4.78 is 9.90. The molecule has 0 aliphatic rings. The lowest BCUT2D eigenvalue weighted by atomic mass is 10.2. The molecule has 5 nitrogen and oxygen atoms in total. The molecule has 1 aromatic heterocycles. The predicted octanol–water partition coefficient (Wildman–Crippen LogP) is 1.52. The summed E-state index contributed by atoms with van der Waals surface area (Å²) in [6.45, 7) is 4.28. The van der Waals surface area contributed by atoms with Crippen LogP contribution in [0, 0.1) is 0 Å². The van der Waals surface area contributed by atoms with Gasteiger partial charge in [0.05, 0.1) is 24.9 Å². The molecule has 0 unspecified atom stereocenters. The summed E-state index contributed by atoms with van der Waals surface area (Å²) in [5, 5.41) is 2.65. The zero-order valence-electron chi connectivity index (χ0n) is 10.1. The Labute approximate surface area is 100 Å². The van der Waals surface area contributed by atoms with Crippen molar-refractivity contribution in [3.8, 4) is 0 Å². The fourth-order valence-electron chi connectivity index (χ4n) is 1.42. The summed E-state index contributed by atoms with van der Waals surface area (Å²) in [5.41, 5.74) is 0.524. The van der Waals surface area contributed by atoms with E-state index < -0.39 is 0 Å². The van der Waals surface area contributed by atoms with Gasteiger partial charge in [-0.2, -0.15) is 0 Å². The highest BCUT2D eigenvalue weighted by Crippen LogP contribution is 2.10. The largest absolute Gasteiger partial charge is 0.469 e. The average Bonchev–Trinajstić information content (AvgIpc) is 2.77. The van der Waals surface area contributed by atoms with Crippen LogP contribution in [0.15, 0.2) is 16.7 Å². The first-order valence-electron chi connectivity index (χ1n) is 5.69. The van der Waals surface area contributed by atoms with Gasteiger partial charge in [0, 0.05) is 13.0 Å². The van der Waals surface area contributed by atoms with Crippen molar-refractivity contribution in [3.63, 3.8) is 0 Å². The zero-order valence-corrected chi connectivity index (χ0v) is 10.1. The van der Waals surface area contributed by atoms with Crippen LogP contribution < -0.4 is 5.32 Å². The minimum atomic E-state index is -0.310. The van der Waals surface area contributed by atoms with Gasteiger partial charge in [0.1, 0.15) is 5.76 Å². The van der Waals surface area contributed by atoms with Crippen LogP contribution >= 0.6 is 0 Å². The van der Waals surface area contributed by atoms with E-state index in [9.17, 15) is 9.59 Å². The monoisotopic (exact) mass is 239 g/mol. The van der Waals surface area contributed by atoms with Crippen LogP contribution in [0.5, 0.6) is 0 Å². The van der Waals surface area contributed by atoms with Gasteiger partial charge in [0.2, 0.25) is 0 Å². The molecule has 0 fully saturated rings. The number of amides is 1. The maximum Gasteiger partial charge on any atom is 0.307 e. The minimum Gasteiger partial charge on any atom is -0.469 e. The summed E-state index contributed by atoms with van der Waals surface area (Å²) in [6, 6.07) is 1.62. The van der Waals surface area contributed by atoms with E-state index >= 15 is 0 Å². The molecule has 1 amide bonds. The van der Waals surface area contributed by atoms with Crippen molar-refractivity contribution in [1.29, 1.82) is 0 Å². The molecule has 94 valence electrons. The van der Waals surface area contributed by atoms with E-state index in [1.807, 2.05) is 6.92 Å². The Morgan fingerprint density at radius 2 is 2.18 bits per heavy atom. The van der Waals surface area contributed by atoms with Crippen LogP contribution in [-0.2, 0) is 16.0 Å². The molecule has 1 rings (SSSR count). The predicted molar refractivity (Wildman–Crippen MR) is 61.7 cm³/mol. The Kier molecular flexibility index (Phi) is 5.26. The van der Waals surface area contributed by atoms with E-state index in [1.165, 1.54) is 6.26 Å². The first-order valence-corrected chi connectivity index (χ1v) is 5.69. The number of esters is 1. The number of aryl methyl sites for hydroxylation is 1. The van der Waals surface area contributed by atoms with Crippen LogP contribution in [0.25, 0.3) is 0 Å². The van der Waals surface area contributed by atoms with E-state index in [-0.39, 0.29) is 24.8 Å². The lowest BCUT2D eigenvalue weighted by Gasteiger charge is -2.04. The van der Waals surface area contributed by atoms with Crippen molar-refractivity contribution in [1.82, 2.24) is 5.32 Å². The van der Waals surface area contributed by atoms with Gasteiger partial charge in [-0.1, -0.05) is 6.92 Å². The number of carbonyl (C=O) groups is 2. The lowest BCUT2D eigenvalue weighted by Crippen LogP contribution is -2.26. The van der Waals surface area contributed by atoms with Crippen LogP contribution in [-0.4, -0.2) is 25.0 Å². The Bertz CT molecular complexity index is 384. The lowest BCUT2D eigenvalue weighted by molar-refractivity contribution is -0.142. The van der Waals surface area contributed by atoms with Gasteiger partial charge in [-0.25, -0.2) is 0 Å². The third kappa shape index (κ3) is 3.94. The third-order valence-corrected chi connectivity index (χ3v) is 2.23. The van der Waals surface area contributed by atoms with Crippen molar-refractivity contribution in [2.24, 2.45) is 0 Å². The smallest absolute Gasteiger partial charge is 0.307 e. The molecule has 0 bridgehead atoms. The highest BCUT2D eigenvalue weighted by molar-refractivity contribution is 5.95. The van der Waals surface area contributed by atoms with Gasteiger partial charge in [-0.15, -0.1) is 0 Å². The molecule has 0 saturated heterocycles. The van der Waals surface area contributed by atoms with Crippen LogP contribution in [0.1, 0.15) is 36.4 Å². The summed E-state index contributed by atoms with van der Waals surface area (Å²) in [6.07, 6.45) is 2.33. The van der Waals surface area contributed by atoms with Gasteiger partial charge >= 0.3 is 5.97 Å². The standard InChI is InChI=1S/C12H17NO4/c1-3-10-9(6-8-17-10)12(15)13-7-5-11(14)16-4-2/h6,8H,3-5,7H2,1-2H3,(H,13,15). The number of hydrogen-bond acceptors (Lipinski definition) is 4. The fraction of sp³-hybridized carbons (Fsp3) is 0.500. The van der Waals surface area contributed by atoms with E-state index in [4.69, 9.17) is 9.15 Å². The molecule has 0 aliphatic carbocycles. The summed E-state index contributed by atoms with van der Waals surface area (Å²) in [5.74, 6) is 0.120. The van der Waals surface area contributed by atoms with Crippen LogP contribution in [0.4, 0.5) is 0 Å². The van der Waals surface area contributed by atoms with E-state index in [0.29, 0.717) is 24.4 Å². The van der Waals surface area contributed by atoms with E-state index in [1.54, 1.807) is 13.0 Å². The molecule has 17 heavy (non-hydrogen) atoms. The number of hydrogen-bond donors (Lipinski definition) is 1. The molecule has 1 heterocycles. The molecule has 1 aromatic rings. The quantitative estimate of drug-likeness (QED) is 0.764. The van der Waals surface area contributed by atoms with E-state index in [0.717, 1.165) is 0 Å². The first-order chi connectivity index (χ1) is 8.19. The highest BCUT2D eigenvalue weighted by atomic mass is 16.5. The molecule has 0 atom stereocenters. The molecular formula is C12H17NO4. The van der Waals surface area contributed by atoms with E-state index in [2.05, 4.69) is 5.32 Å². The zero-order chi connectivity index (χ0) is 12.7. The number of carbonyl (C=O) groups excluding carboxylic acids is 2. The SMILES string of the molecule is CCOC(=O)CCNC(=O)c1ccoc1CC. The molecule has 0 saturated carbocycles. The Balaban J connectivity index is 2.37. The van der Waals surface area contributed by atoms with Crippen molar-refractivity contribution in [2.45, 2.75) is 26.7 Å². The van der Waals surface area contributed by atoms with Gasteiger partial charge in [-0.3, -0.25) is 9.59 Å². The highest BCUT2D eigenvalue weighted by Gasteiger charge is 2.13. The summed E-state index contributed by atoms with van der Waals surface area (Å²) >= 11 is 0. The van der Waals surface area contributed by atoms with Crippen LogP contribution in [0.3, 0.4) is 0 Å². The molecule has 5 heteroatoms. The van der Waals surface area contributed by atoms with Gasteiger partial charge in [0.15, 0.2) is 0 Å². The van der Waals surface area contributed by atoms with Crippen molar-refractivity contribution in [3.05, 3.63) is 23.7 Å². The number of furan rings is 1. The minimum absolute atomic E-state index is 0.179. The number of rotatable bonds is 6. The van der Waals surface area contributed by atoms with Crippen molar-refractivity contribution < 1.29 is 18.7 Å². The third-order valence-electron chi connectivity index (χ3n) is 2.23.